The molecule has 0 aliphatic heterocycles. The fourth-order valence-corrected chi connectivity index (χ4v) is 4.00. The summed E-state index contributed by atoms with van der Waals surface area (Å²) in [6.07, 6.45) is -0.766. The van der Waals surface area contributed by atoms with Crippen molar-refractivity contribution in [3.63, 3.8) is 0 Å². The minimum atomic E-state index is -1.21. The molecule has 0 bridgehead atoms. The Kier molecular flexibility index (Phi) is 13.1. The van der Waals surface area contributed by atoms with Crippen molar-refractivity contribution in [3.05, 3.63) is 53.6 Å². The molecule has 2 unspecified atom stereocenters. The van der Waals surface area contributed by atoms with Crippen LogP contribution in [-0.4, -0.2) is 61.1 Å². The second kappa shape index (κ2) is 16.5. The summed E-state index contributed by atoms with van der Waals surface area (Å²) in [5.74, 6) is -1.20. The fraction of sp³-hybridized carbons (Fsp3) is 0.414. The van der Waals surface area contributed by atoms with Gasteiger partial charge in [-0.05, 0) is 54.2 Å². The van der Waals surface area contributed by atoms with Crippen molar-refractivity contribution in [2.24, 2.45) is 5.92 Å². The summed E-state index contributed by atoms with van der Waals surface area (Å²) in [5, 5.41) is 21.5. The highest BCUT2D eigenvalue weighted by molar-refractivity contribution is 6.38. The first-order valence-electron chi connectivity index (χ1n) is 13.4. The van der Waals surface area contributed by atoms with Crippen molar-refractivity contribution in [2.45, 2.75) is 58.8 Å². The number of ether oxygens (including phenoxy) is 2. The molecule has 0 saturated carbocycles. The number of rotatable bonds is 15. The number of urea groups is 1. The number of carboxylic acid groups (broad SMARTS) is 1. The molecule has 42 heavy (non-hydrogen) atoms. The van der Waals surface area contributed by atoms with E-state index in [1.54, 1.807) is 49.4 Å². The van der Waals surface area contributed by atoms with E-state index in [0.29, 0.717) is 28.3 Å². The first-order chi connectivity index (χ1) is 19.9. The Labute approximate surface area is 244 Å². The standard InChI is InChI=1S/C29H39N5O8/c1-6-23(25(35)27(37)30-16-19-12-21(41-4)14-22(13-19)42-5)33-26(36)24(10-17(2)3)34-28(38)31-15-18-8-7-9-20(11-18)32-29(39)40/h7-9,11-14,17,23-24,32H,6,10,15-16H2,1-5H3,(H,30,37)(H,33,36)(H,39,40)(H2,31,34,38). The molecule has 13 heteroatoms. The average molecular weight is 586 g/mol. The van der Waals surface area contributed by atoms with Gasteiger partial charge in [0.05, 0.1) is 20.3 Å². The highest BCUT2D eigenvalue weighted by Crippen LogP contribution is 2.22. The topological polar surface area (TPSA) is 184 Å². The SMILES string of the molecule is CCC(NC(=O)C(CC(C)C)NC(=O)NCc1cccc(NC(=O)O)c1)C(=O)C(=O)NCc1cc(OC)cc(OC)c1. The van der Waals surface area contributed by atoms with Crippen molar-refractivity contribution < 1.29 is 38.6 Å². The Bertz CT molecular complexity index is 1240. The van der Waals surface area contributed by atoms with Crippen LogP contribution in [0, 0.1) is 5.92 Å². The molecule has 0 aliphatic rings. The molecule has 2 aromatic rings. The zero-order chi connectivity index (χ0) is 31.2. The van der Waals surface area contributed by atoms with Crippen LogP contribution in [0.1, 0.15) is 44.7 Å². The predicted octanol–water partition coefficient (Wildman–Crippen LogP) is 2.79. The molecule has 0 spiro atoms. The van der Waals surface area contributed by atoms with Crippen LogP contribution >= 0.6 is 0 Å². The molecule has 2 rings (SSSR count). The number of anilines is 1. The van der Waals surface area contributed by atoms with Gasteiger partial charge in [0.25, 0.3) is 5.91 Å². The van der Waals surface area contributed by atoms with E-state index < -0.39 is 41.8 Å². The van der Waals surface area contributed by atoms with Crippen LogP contribution < -0.4 is 36.1 Å². The van der Waals surface area contributed by atoms with E-state index in [2.05, 4.69) is 26.6 Å². The van der Waals surface area contributed by atoms with Gasteiger partial charge >= 0.3 is 12.1 Å². The number of carbonyl (C=O) groups excluding carboxylic acids is 4. The predicted molar refractivity (Wildman–Crippen MR) is 155 cm³/mol. The molecule has 0 aromatic heterocycles. The Morgan fingerprint density at radius 2 is 1.48 bits per heavy atom. The minimum Gasteiger partial charge on any atom is -0.497 e. The molecule has 2 atom stereocenters. The Hall–Kier alpha value is -4.81. The summed E-state index contributed by atoms with van der Waals surface area (Å²) in [6.45, 7) is 5.53. The van der Waals surface area contributed by atoms with E-state index in [9.17, 15) is 24.0 Å². The number of ketones is 1. The van der Waals surface area contributed by atoms with E-state index in [1.807, 2.05) is 13.8 Å². The van der Waals surface area contributed by atoms with Gasteiger partial charge in [-0.15, -0.1) is 0 Å². The molecule has 0 heterocycles. The van der Waals surface area contributed by atoms with Crippen LogP contribution in [0.5, 0.6) is 11.5 Å². The monoisotopic (exact) mass is 585 g/mol. The van der Waals surface area contributed by atoms with Gasteiger partial charge in [-0.2, -0.15) is 0 Å². The molecule has 2 aromatic carbocycles. The van der Waals surface area contributed by atoms with Gasteiger partial charge in [0.1, 0.15) is 17.5 Å². The molecule has 5 amide bonds. The van der Waals surface area contributed by atoms with Crippen molar-refractivity contribution in [3.8, 4) is 11.5 Å². The molecule has 228 valence electrons. The lowest BCUT2D eigenvalue weighted by atomic mass is 10.0. The minimum absolute atomic E-state index is 0.0266. The maximum atomic E-state index is 13.1. The van der Waals surface area contributed by atoms with Gasteiger partial charge < -0.3 is 35.8 Å². The third-order valence-electron chi connectivity index (χ3n) is 6.09. The van der Waals surface area contributed by atoms with E-state index in [0.717, 1.165) is 0 Å². The number of hydrogen-bond donors (Lipinski definition) is 6. The first kappa shape index (κ1) is 33.4. The molecule has 0 fully saturated rings. The van der Waals surface area contributed by atoms with Crippen LogP contribution in [0.2, 0.25) is 0 Å². The van der Waals surface area contributed by atoms with E-state index >= 15 is 0 Å². The average Bonchev–Trinajstić information content (AvgIpc) is 2.96. The molecule has 6 N–H and O–H groups in total. The van der Waals surface area contributed by atoms with E-state index in [-0.39, 0.29) is 31.8 Å². The van der Waals surface area contributed by atoms with Crippen LogP contribution in [-0.2, 0) is 27.5 Å². The number of carbonyl (C=O) groups is 5. The number of amides is 5. The number of hydrogen-bond acceptors (Lipinski definition) is 7. The number of benzene rings is 2. The highest BCUT2D eigenvalue weighted by atomic mass is 16.5. The summed E-state index contributed by atoms with van der Waals surface area (Å²) >= 11 is 0. The summed E-state index contributed by atoms with van der Waals surface area (Å²) in [4.78, 5) is 62.1. The Balaban J connectivity index is 1.99. The van der Waals surface area contributed by atoms with Gasteiger partial charge in [0.15, 0.2) is 0 Å². The quantitative estimate of drug-likeness (QED) is 0.172. The second-order valence-corrected chi connectivity index (χ2v) is 9.88. The van der Waals surface area contributed by atoms with Crippen molar-refractivity contribution >= 4 is 35.4 Å². The molecule has 0 radical (unpaired) electrons. The lowest BCUT2D eigenvalue weighted by Gasteiger charge is -2.23. The van der Waals surface area contributed by atoms with Crippen LogP contribution in [0.25, 0.3) is 0 Å². The van der Waals surface area contributed by atoms with Crippen molar-refractivity contribution in [2.75, 3.05) is 19.5 Å². The Morgan fingerprint density at radius 3 is 2.05 bits per heavy atom. The van der Waals surface area contributed by atoms with Gasteiger partial charge in [0, 0.05) is 24.8 Å². The molecular weight excluding hydrogens is 546 g/mol. The van der Waals surface area contributed by atoms with Gasteiger partial charge in [-0.3, -0.25) is 19.7 Å². The smallest absolute Gasteiger partial charge is 0.409 e. The molecular formula is C29H39N5O8. The molecule has 0 aliphatic carbocycles. The van der Waals surface area contributed by atoms with Gasteiger partial charge in [0.2, 0.25) is 11.7 Å². The third-order valence-corrected chi connectivity index (χ3v) is 6.09. The summed E-state index contributed by atoms with van der Waals surface area (Å²) < 4.78 is 10.4. The zero-order valence-corrected chi connectivity index (χ0v) is 24.4. The highest BCUT2D eigenvalue weighted by Gasteiger charge is 2.29. The van der Waals surface area contributed by atoms with Crippen molar-refractivity contribution in [1.82, 2.24) is 21.3 Å². The summed E-state index contributed by atoms with van der Waals surface area (Å²) in [7, 11) is 3.00. The lowest BCUT2D eigenvalue weighted by molar-refractivity contribution is -0.140. The van der Waals surface area contributed by atoms with Crippen LogP contribution in [0.4, 0.5) is 15.3 Å². The fourth-order valence-electron chi connectivity index (χ4n) is 4.00. The normalized spacial score (nSPS) is 12.0. The van der Waals surface area contributed by atoms with Crippen molar-refractivity contribution in [1.29, 1.82) is 0 Å². The van der Waals surface area contributed by atoms with E-state index in [1.165, 1.54) is 14.2 Å². The van der Waals surface area contributed by atoms with Gasteiger partial charge in [-0.1, -0.05) is 32.9 Å². The zero-order valence-electron chi connectivity index (χ0n) is 24.4. The lowest BCUT2D eigenvalue weighted by Crippen LogP contribution is -2.55. The third kappa shape index (κ3) is 11.0. The van der Waals surface area contributed by atoms with Crippen LogP contribution in [0.3, 0.4) is 0 Å². The Morgan fingerprint density at radius 1 is 0.833 bits per heavy atom. The number of nitrogens with one attached hydrogen (secondary N) is 5. The summed E-state index contributed by atoms with van der Waals surface area (Å²) in [6, 6.07) is 8.87. The molecule has 0 saturated heterocycles. The maximum absolute atomic E-state index is 13.1. The number of methoxy groups -OCH3 is 2. The maximum Gasteiger partial charge on any atom is 0.409 e. The van der Waals surface area contributed by atoms with E-state index in [4.69, 9.17) is 14.6 Å². The second-order valence-electron chi connectivity index (χ2n) is 9.88. The molecule has 13 nitrogen and oxygen atoms in total. The summed E-state index contributed by atoms with van der Waals surface area (Å²) in [5.41, 5.74) is 1.64. The number of Topliss-reactive ketones (excluding diaryl/α,β-unsaturated/α-hetero) is 1. The largest absolute Gasteiger partial charge is 0.497 e. The first-order valence-corrected chi connectivity index (χ1v) is 13.4. The van der Waals surface area contributed by atoms with Crippen LogP contribution in [0.15, 0.2) is 42.5 Å². The van der Waals surface area contributed by atoms with Gasteiger partial charge in [-0.25, -0.2) is 9.59 Å².